The maximum Gasteiger partial charge on any atom is 0.433 e. The number of halogens is 3. The fourth-order valence-corrected chi connectivity index (χ4v) is 1.43. The van der Waals surface area contributed by atoms with Crippen molar-refractivity contribution in [3.05, 3.63) is 59.9 Å². The first-order chi connectivity index (χ1) is 8.97. The second-order valence-electron chi connectivity index (χ2n) is 3.76. The average Bonchev–Trinajstić information content (AvgIpc) is 2.39. The minimum Gasteiger partial charge on any atom is -0.383 e. The van der Waals surface area contributed by atoms with Gasteiger partial charge in [0.15, 0.2) is 0 Å². The molecule has 0 bridgehead atoms. The number of nitrogens with two attached hydrogens (primary N) is 1. The van der Waals surface area contributed by atoms with Crippen molar-refractivity contribution in [1.82, 2.24) is 4.98 Å². The summed E-state index contributed by atoms with van der Waals surface area (Å²) in [5.41, 5.74) is 5.77. The Morgan fingerprint density at radius 2 is 1.74 bits per heavy atom. The number of hydrogen-bond acceptors (Lipinski definition) is 2. The van der Waals surface area contributed by atoms with Gasteiger partial charge >= 0.3 is 6.18 Å². The van der Waals surface area contributed by atoms with E-state index in [4.69, 9.17) is 5.73 Å². The van der Waals surface area contributed by atoms with Gasteiger partial charge in [0.1, 0.15) is 11.5 Å². The van der Waals surface area contributed by atoms with Gasteiger partial charge in [-0.15, -0.1) is 0 Å². The van der Waals surface area contributed by atoms with Gasteiger partial charge in [-0.3, -0.25) is 0 Å². The lowest BCUT2D eigenvalue weighted by Gasteiger charge is -2.05. The molecular formula is C13H10F3N3. The SMILES string of the molecule is NC(=Nc1ccc(C(F)(F)F)nc1)c1ccccc1. The van der Waals surface area contributed by atoms with Gasteiger partial charge in [-0.05, 0) is 12.1 Å². The zero-order chi connectivity index (χ0) is 13.9. The molecule has 2 rings (SSSR count). The molecule has 98 valence electrons. The molecule has 0 saturated heterocycles. The summed E-state index contributed by atoms with van der Waals surface area (Å²) < 4.78 is 37.0. The van der Waals surface area contributed by atoms with Crippen LogP contribution in [0.3, 0.4) is 0 Å². The third-order valence-electron chi connectivity index (χ3n) is 2.36. The topological polar surface area (TPSA) is 51.3 Å². The van der Waals surface area contributed by atoms with Crippen LogP contribution in [0.2, 0.25) is 0 Å². The minimum absolute atomic E-state index is 0.224. The highest BCUT2D eigenvalue weighted by Gasteiger charge is 2.31. The van der Waals surface area contributed by atoms with Crippen molar-refractivity contribution >= 4 is 11.5 Å². The lowest BCUT2D eigenvalue weighted by atomic mass is 10.2. The van der Waals surface area contributed by atoms with Crippen LogP contribution in [0.4, 0.5) is 18.9 Å². The van der Waals surface area contributed by atoms with Crippen molar-refractivity contribution < 1.29 is 13.2 Å². The Bertz CT molecular complexity index is 574. The first-order valence-electron chi connectivity index (χ1n) is 5.39. The zero-order valence-electron chi connectivity index (χ0n) is 9.72. The largest absolute Gasteiger partial charge is 0.433 e. The second-order valence-corrected chi connectivity index (χ2v) is 3.76. The van der Waals surface area contributed by atoms with E-state index in [1.165, 1.54) is 6.07 Å². The van der Waals surface area contributed by atoms with Crippen LogP contribution in [0.25, 0.3) is 0 Å². The van der Waals surface area contributed by atoms with Gasteiger partial charge < -0.3 is 5.73 Å². The van der Waals surface area contributed by atoms with Crippen molar-refractivity contribution in [2.24, 2.45) is 10.7 Å². The number of benzene rings is 1. The number of rotatable bonds is 2. The number of aromatic nitrogens is 1. The molecule has 0 unspecified atom stereocenters. The van der Waals surface area contributed by atoms with E-state index in [1.54, 1.807) is 24.3 Å². The molecule has 0 radical (unpaired) electrons. The Balaban J connectivity index is 2.24. The lowest BCUT2D eigenvalue weighted by Crippen LogP contribution is -2.12. The van der Waals surface area contributed by atoms with Gasteiger partial charge in [0.05, 0.1) is 11.9 Å². The summed E-state index contributed by atoms with van der Waals surface area (Å²) in [5.74, 6) is 0.224. The van der Waals surface area contributed by atoms with Gasteiger partial charge in [-0.25, -0.2) is 9.98 Å². The van der Waals surface area contributed by atoms with E-state index in [-0.39, 0.29) is 11.5 Å². The Kier molecular flexibility index (Phi) is 3.50. The molecule has 0 saturated carbocycles. The second kappa shape index (κ2) is 5.09. The van der Waals surface area contributed by atoms with Crippen LogP contribution in [0.15, 0.2) is 53.7 Å². The molecule has 2 aromatic rings. The van der Waals surface area contributed by atoms with Crippen LogP contribution >= 0.6 is 0 Å². The van der Waals surface area contributed by atoms with E-state index in [0.29, 0.717) is 5.56 Å². The molecule has 0 aliphatic rings. The zero-order valence-corrected chi connectivity index (χ0v) is 9.72. The highest BCUT2D eigenvalue weighted by atomic mass is 19.4. The molecule has 0 aliphatic heterocycles. The summed E-state index contributed by atoms with van der Waals surface area (Å²) in [6.07, 6.45) is -3.41. The molecule has 0 fully saturated rings. The Labute approximate surface area is 107 Å². The standard InChI is InChI=1S/C13H10F3N3/c14-13(15,16)11-7-6-10(8-18-11)19-12(17)9-4-2-1-3-5-9/h1-8H,(H2,17,19). The van der Waals surface area contributed by atoms with E-state index >= 15 is 0 Å². The normalized spacial score (nSPS) is 12.5. The summed E-state index contributed by atoms with van der Waals surface area (Å²) in [6.45, 7) is 0. The fourth-order valence-electron chi connectivity index (χ4n) is 1.43. The maximum absolute atomic E-state index is 12.3. The molecule has 0 atom stereocenters. The van der Waals surface area contributed by atoms with Crippen LogP contribution in [0.1, 0.15) is 11.3 Å². The average molecular weight is 265 g/mol. The molecule has 1 aromatic heterocycles. The van der Waals surface area contributed by atoms with Gasteiger partial charge in [0.25, 0.3) is 0 Å². The van der Waals surface area contributed by atoms with Crippen LogP contribution < -0.4 is 5.73 Å². The predicted molar refractivity (Wildman–Crippen MR) is 66.1 cm³/mol. The van der Waals surface area contributed by atoms with Gasteiger partial charge in [-0.2, -0.15) is 13.2 Å². The van der Waals surface area contributed by atoms with Crippen molar-refractivity contribution in [3.63, 3.8) is 0 Å². The minimum atomic E-state index is -4.45. The van der Waals surface area contributed by atoms with E-state index in [9.17, 15) is 13.2 Å². The van der Waals surface area contributed by atoms with Crippen LogP contribution in [-0.4, -0.2) is 10.8 Å². The molecule has 1 heterocycles. The third kappa shape index (κ3) is 3.31. The van der Waals surface area contributed by atoms with Gasteiger partial charge in [0, 0.05) is 5.56 Å². The highest BCUT2D eigenvalue weighted by Crippen LogP contribution is 2.28. The highest BCUT2D eigenvalue weighted by molar-refractivity contribution is 5.98. The van der Waals surface area contributed by atoms with Crippen molar-refractivity contribution in [2.75, 3.05) is 0 Å². The molecule has 0 amide bonds. The Morgan fingerprint density at radius 3 is 2.26 bits per heavy atom. The van der Waals surface area contributed by atoms with Crippen LogP contribution in [0, 0.1) is 0 Å². The summed E-state index contributed by atoms with van der Waals surface area (Å²) in [7, 11) is 0. The number of alkyl halides is 3. The predicted octanol–water partition coefficient (Wildman–Crippen LogP) is 3.14. The van der Waals surface area contributed by atoms with E-state index in [2.05, 4.69) is 9.98 Å². The molecule has 0 spiro atoms. The molecule has 19 heavy (non-hydrogen) atoms. The van der Waals surface area contributed by atoms with E-state index in [0.717, 1.165) is 12.3 Å². The monoisotopic (exact) mass is 265 g/mol. The summed E-state index contributed by atoms with van der Waals surface area (Å²) in [4.78, 5) is 7.33. The summed E-state index contributed by atoms with van der Waals surface area (Å²) >= 11 is 0. The number of aliphatic imine (C=N–C) groups is 1. The van der Waals surface area contributed by atoms with E-state index in [1.807, 2.05) is 6.07 Å². The Hall–Kier alpha value is -2.37. The molecular weight excluding hydrogens is 255 g/mol. The van der Waals surface area contributed by atoms with Gasteiger partial charge in [0.2, 0.25) is 0 Å². The third-order valence-corrected chi connectivity index (χ3v) is 2.36. The quantitative estimate of drug-likeness (QED) is 0.670. The fraction of sp³-hybridized carbons (Fsp3) is 0.0769. The summed E-state index contributed by atoms with van der Waals surface area (Å²) in [6, 6.07) is 11.0. The maximum atomic E-state index is 12.3. The van der Waals surface area contributed by atoms with Crippen molar-refractivity contribution in [3.8, 4) is 0 Å². The smallest absolute Gasteiger partial charge is 0.383 e. The molecule has 6 heteroatoms. The molecule has 1 aromatic carbocycles. The number of nitrogens with zero attached hydrogens (tertiary/aromatic N) is 2. The van der Waals surface area contributed by atoms with Crippen molar-refractivity contribution in [2.45, 2.75) is 6.18 Å². The van der Waals surface area contributed by atoms with Crippen LogP contribution in [-0.2, 0) is 6.18 Å². The summed E-state index contributed by atoms with van der Waals surface area (Å²) in [5, 5.41) is 0. The molecule has 0 aliphatic carbocycles. The molecule has 3 nitrogen and oxygen atoms in total. The molecule has 2 N–H and O–H groups in total. The van der Waals surface area contributed by atoms with Crippen LogP contribution in [0.5, 0.6) is 0 Å². The number of hydrogen-bond donors (Lipinski definition) is 1. The van der Waals surface area contributed by atoms with E-state index < -0.39 is 11.9 Å². The Morgan fingerprint density at radius 1 is 1.05 bits per heavy atom. The van der Waals surface area contributed by atoms with Crippen molar-refractivity contribution in [1.29, 1.82) is 0 Å². The number of pyridine rings is 1. The first-order valence-corrected chi connectivity index (χ1v) is 5.39. The lowest BCUT2D eigenvalue weighted by molar-refractivity contribution is -0.141. The number of amidine groups is 1. The van der Waals surface area contributed by atoms with Gasteiger partial charge in [-0.1, -0.05) is 30.3 Å². The first kappa shape index (κ1) is 13.1.